The number of carbonyl (C=O) groups excluding carboxylic acids is 1. The fourth-order valence-electron chi connectivity index (χ4n) is 12.0. The van der Waals surface area contributed by atoms with Gasteiger partial charge in [-0.3, -0.25) is 4.79 Å². The normalized spacial score (nSPS) is 41.0. The molecule has 1 atom stereocenters. The summed E-state index contributed by atoms with van der Waals surface area (Å²) in [4.78, 5) is 36.1. The maximum atomic E-state index is 13.3. The summed E-state index contributed by atoms with van der Waals surface area (Å²) in [5.41, 5.74) is -0.394. The number of Topliss-reactive ketones (excluding diaryl/α,β-unsaturated/α-hetero) is 1. The maximum Gasteiger partial charge on any atom is 1.00 e. The Balaban J connectivity index is 0.00000292. The number of rotatable bonds is 11. The van der Waals surface area contributed by atoms with Gasteiger partial charge in [-0.2, -0.15) is 0 Å². The Labute approximate surface area is 396 Å². The van der Waals surface area contributed by atoms with E-state index in [1.54, 1.807) is 0 Å². The van der Waals surface area contributed by atoms with Crippen LogP contribution in [0.15, 0.2) is 0 Å². The molecular formula is C41H69K2O7P. The third-order valence-corrected chi connectivity index (χ3v) is 16.8. The molecule has 0 amide bonds. The van der Waals surface area contributed by atoms with Gasteiger partial charge in [0.1, 0.15) is 5.78 Å². The minimum absolute atomic E-state index is 0. The fraction of sp³-hybridized carbons (Fsp3) is 0.976. The van der Waals surface area contributed by atoms with Gasteiger partial charge in [-0.1, -0.05) is 21.4 Å². The molecule has 6 rings (SSSR count). The van der Waals surface area contributed by atoms with Gasteiger partial charge in [0.25, 0.3) is 0 Å². The van der Waals surface area contributed by atoms with Crippen molar-refractivity contribution in [2.45, 2.75) is 204 Å². The average Bonchev–Trinajstić information content (AvgIpc) is 3.12. The predicted molar refractivity (Wildman–Crippen MR) is 190 cm³/mol. The molecule has 1 unspecified atom stereocenters. The number of carbonyl (C=O) groups is 1. The molecule has 51 heavy (non-hydrogen) atoms. The van der Waals surface area contributed by atoms with Crippen molar-refractivity contribution in [3.05, 3.63) is 0 Å². The van der Waals surface area contributed by atoms with Crippen LogP contribution in [0.2, 0.25) is 0 Å². The van der Waals surface area contributed by atoms with E-state index in [0.29, 0.717) is 61.3 Å². The molecule has 0 heterocycles. The molecular weight excluding hydrogens is 714 g/mol. The fourth-order valence-corrected chi connectivity index (χ4v) is 12.9. The van der Waals surface area contributed by atoms with Gasteiger partial charge in [0, 0.05) is 18.9 Å². The van der Waals surface area contributed by atoms with E-state index < -0.39 is 13.3 Å². The Morgan fingerprint density at radius 2 is 0.843 bits per heavy atom. The van der Waals surface area contributed by atoms with Crippen LogP contribution in [0, 0.1) is 40.9 Å². The summed E-state index contributed by atoms with van der Waals surface area (Å²) in [5, 5.41) is 0. The summed E-state index contributed by atoms with van der Waals surface area (Å²) in [5.74, 6) is 3.53. The van der Waals surface area contributed by atoms with Crippen molar-refractivity contribution in [3.63, 3.8) is 0 Å². The van der Waals surface area contributed by atoms with Gasteiger partial charge in [0.15, 0.2) is 0 Å². The van der Waals surface area contributed by atoms with Gasteiger partial charge in [-0.05, 0) is 189 Å². The minimum atomic E-state index is -4.54. The largest absolute Gasteiger partial charge is 1.00 e. The van der Waals surface area contributed by atoms with Crippen LogP contribution in [0.25, 0.3) is 0 Å². The van der Waals surface area contributed by atoms with Gasteiger partial charge >= 0.3 is 103 Å². The van der Waals surface area contributed by atoms with E-state index in [-0.39, 0.29) is 121 Å². The Hall–Kier alpha value is 2.97. The summed E-state index contributed by atoms with van der Waals surface area (Å²) in [7, 11) is -2.64. The molecule has 0 aromatic rings. The van der Waals surface area contributed by atoms with Gasteiger partial charge in [0.2, 0.25) is 0 Å². The Bertz CT molecular complexity index is 1070. The molecule has 7 nitrogen and oxygen atoms in total. The molecule has 6 saturated carbocycles. The monoisotopic (exact) mass is 782 g/mol. The van der Waals surface area contributed by atoms with Crippen LogP contribution in [0.5, 0.6) is 0 Å². The average molecular weight is 783 g/mol. The van der Waals surface area contributed by atoms with Crippen LogP contribution < -0.4 is 113 Å². The SMILES string of the molecule is COC1CCC(C(C)(C2CCC(OC3CCC(C)CC3)CC2)C2CCC(OC3CCC(C(=O)C4CCC(P(=O)([O-])[O-])CC4)CC3)CC2)CC1.[K+].[K+]. The van der Waals surface area contributed by atoms with E-state index in [2.05, 4.69) is 13.8 Å². The summed E-state index contributed by atoms with van der Waals surface area (Å²) in [6, 6.07) is 0. The first kappa shape index (κ1) is 46.7. The topological polar surface area (TPSA) is 108 Å². The van der Waals surface area contributed by atoms with E-state index in [4.69, 9.17) is 14.2 Å². The van der Waals surface area contributed by atoms with Gasteiger partial charge in [0.05, 0.1) is 30.5 Å². The number of methoxy groups -OCH3 is 1. The maximum absolute atomic E-state index is 13.3. The molecule has 0 aliphatic heterocycles. The van der Waals surface area contributed by atoms with E-state index in [0.717, 1.165) is 62.2 Å². The van der Waals surface area contributed by atoms with Crippen molar-refractivity contribution in [3.8, 4) is 0 Å². The molecule has 0 saturated heterocycles. The Morgan fingerprint density at radius 1 is 0.529 bits per heavy atom. The Kier molecular flexibility index (Phi) is 20.0. The first-order chi connectivity index (χ1) is 23.5. The molecule has 282 valence electrons. The summed E-state index contributed by atoms with van der Waals surface area (Å²) >= 11 is 0. The van der Waals surface area contributed by atoms with Crippen LogP contribution in [0.3, 0.4) is 0 Å². The Morgan fingerprint density at radius 3 is 1.20 bits per heavy atom. The molecule has 6 fully saturated rings. The third kappa shape index (κ3) is 12.5. The standard InChI is InChI=1S/C41H71O7P.2K/c1-28-4-16-35(17-5-28)47-37-22-12-32(13-23-37)41(2,31-10-20-34(46-3)21-11-31)33-14-24-38(25-15-33)48-36-18-6-29(7-19-36)40(42)30-8-26-39(27-9-30)49(43,44)45;;/h28-39H,4-27H2,1-3H3,(H2,43,44,45);;/q;2*+1/p-2. The van der Waals surface area contributed by atoms with Crippen molar-refractivity contribution >= 4 is 13.4 Å². The van der Waals surface area contributed by atoms with E-state index >= 15 is 0 Å². The van der Waals surface area contributed by atoms with Crippen LogP contribution >= 0.6 is 7.60 Å². The van der Waals surface area contributed by atoms with Crippen molar-refractivity contribution < 1.29 is 136 Å². The summed E-state index contributed by atoms with van der Waals surface area (Å²) < 4.78 is 30.8. The summed E-state index contributed by atoms with van der Waals surface area (Å²) in [6.07, 6.45) is 27.7. The van der Waals surface area contributed by atoms with Crippen molar-refractivity contribution in [2.24, 2.45) is 40.9 Å². The van der Waals surface area contributed by atoms with Gasteiger partial charge in [-0.15, -0.1) is 0 Å². The number of ketones is 1. The van der Waals surface area contributed by atoms with Crippen LogP contribution in [-0.4, -0.2) is 49.1 Å². The zero-order valence-corrected chi connectivity index (χ0v) is 40.3. The second-order valence-corrected chi connectivity index (χ2v) is 19.9. The van der Waals surface area contributed by atoms with Crippen molar-refractivity contribution in [1.82, 2.24) is 0 Å². The zero-order valence-electron chi connectivity index (χ0n) is 33.2. The molecule has 6 aliphatic rings. The molecule has 0 radical (unpaired) electrons. The molecule has 0 bridgehead atoms. The van der Waals surface area contributed by atoms with Crippen LogP contribution in [0.1, 0.15) is 168 Å². The minimum Gasteiger partial charge on any atom is -0.811 e. The molecule has 0 N–H and O–H groups in total. The van der Waals surface area contributed by atoms with Crippen LogP contribution in [0.4, 0.5) is 0 Å². The first-order valence-electron chi connectivity index (χ1n) is 20.9. The predicted octanol–water partition coefficient (Wildman–Crippen LogP) is 2.54. The van der Waals surface area contributed by atoms with Gasteiger partial charge in [-0.25, -0.2) is 0 Å². The van der Waals surface area contributed by atoms with E-state index in [1.807, 2.05) is 7.11 Å². The first-order valence-corrected chi connectivity index (χ1v) is 22.5. The number of hydrogen-bond acceptors (Lipinski definition) is 7. The van der Waals surface area contributed by atoms with E-state index in [1.165, 1.54) is 89.9 Å². The molecule has 0 aromatic carbocycles. The molecule has 6 aliphatic carbocycles. The van der Waals surface area contributed by atoms with Crippen molar-refractivity contribution in [1.29, 1.82) is 0 Å². The quantitative estimate of drug-likeness (QED) is 0.235. The van der Waals surface area contributed by atoms with Gasteiger partial charge < -0.3 is 28.6 Å². The molecule has 10 heteroatoms. The number of ether oxygens (including phenoxy) is 3. The van der Waals surface area contributed by atoms with Crippen LogP contribution in [-0.2, 0) is 23.6 Å². The zero-order chi connectivity index (χ0) is 34.6. The van der Waals surface area contributed by atoms with E-state index in [9.17, 15) is 19.1 Å². The smallest absolute Gasteiger partial charge is 0.811 e. The molecule has 0 aromatic heterocycles. The summed E-state index contributed by atoms with van der Waals surface area (Å²) in [6.45, 7) is 5.10. The molecule has 0 spiro atoms. The number of hydrogen-bond donors (Lipinski definition) is 0. The second-order valence-electron chi connectivity index (χ2n) is 18.1. The van der Waals surface area contributed by atoms with Crippen molar-refractivity contribution in [2.75, 3.05) is 7.11 Å². The third-order valence-electron chi connectivity index (χ3n) is 15.4. The second kappa shape index (κ2) is 21.8.